The van der Waals surface area contributed by atoms with Gasteiger partial charge >= 0.3 is 0 Å². The van der Waals surface area contributed by atoms with E-state index in [0.29, 0.717) is 17.8 Å². The molecule has 5 heteroatoms. The summed E-state index contributed by atoms with van der Waals surface area (Å²) < 4.78 is 2.00. The molecule has 2 aliphatic heterocycles. The van der Waals surface area contributed by atoms with E-state index in [4.69, 9.17) is 4.98 Å². The van der Waals surface area contributed by atoms with Crippen LogP contribution >= 0.6 is 0 Å². The Bertz CT molecular complexity index is 1190. The SMILES string of the molecule is Cc1cccn2cc(C(=O)N3[C@H]4CCCC[C@H]5N(C)[C@H](Cc6ccccc6)[C@@H]3C[C@@]45C)nc12. The van der Waals surface area contributed by atoms with E-state index in [0.717, 1.165) is 30.5 Å². The maximum absolute atomic E-state index is 14.2. The van der Waals surface area contributed by atoms with Crippen molar-refractivity contribution in [2.45, 2.75) is 76.5 Å². The number of aromatic nitrogens is 2. The first kappa shape index (κ1) is 20.9. The van der Waals surface area contributed by atoms with Crippen LogP contribution in [-0.2, 0) is 6.42 Å². The molecule has 1 saturated carbocycles. The summed E-state index contributed by atoms with van der Waals surface area (Å²) in [6.45, 7) is 4.51. The summed E-state index contributed by atoms with van der Waals surface area (Å²) in [6.07, 6.45) is 10.8. The molecule has 1 aliphatic carbocycles. The van der Waals surface area contributed by atoms with Gasteiger partial charge in [0.25, 0.3) is 5.91 Å². The number of aryl methyl sites for hydroxylation is 1. The van der Waals surface area contributed by atoms with E-state index in [2.05, 4.69) is 67.1 Å². The zero-order chi connectivity index (χ0) is 22.7. The number of fused-ring (bicyclic) bond motifs is 2. The summed E-state index contributed by atoms with van der Waals surface area (Å²) in [5.74, 6) is 0.117. The minimum atomic E-state index is 0.117. The van der Waals surface area contributed by atoms with Gasteiger partial charge in [-0.05, 0) is 56.8 Å². The lowest BCUT2D eigenvalue weighted by Gasteiger charge is -2.49. The predicted molar refractivity (Wildman–Crippen MR) is 130 cm³/mol. The Labute approximate surface area is 196 Å². The number of hydrogen-bond donors (Lipinski definition) is 0. The van der Waals surface area contributed by atoms with Crippen molar-refractivity contribution in [3.05, 3.63) is 71.7 Å². The van der Waals surface area contributed by atoms with E-state index >= 15 is 0 Å². The normalized spacial score (nSPS) is 31.7. The third-order valence-corrected chi connectivity index (χ3v) is 8.95. The van der Waals surface area contributed by atoms with Gasteiger partial charge in [0.2, 0.25) is 0 Å². The second-order valence-electron chi connectivity index (χ2n) is 10.8. The highest BCUT2D eigenvalue weighted by Crippen LogP contribution is 2.55. The molecule has 4 heterocycles. The van der Waals surface area contributed by atoms with Crippen LogP contribution in [0.4, 0.5) is 0 Å². The number of piperidine rings is 1. The van der Waals surface area contributed by atoms with Crippen LogP contribution in [0.25, 0.3) is 5.65 Å². The van der Waals surface area contributed by atoms with Crippen molar-refractivity contribution in [2.24, 2.45) is 5.41 Å². The Morgan fingerprint density at radius 2 is 1.85 bits per heavy atom. The van der Waals surface area contributed by atoms with Gasteiger partial charge in [0, 0.05) is 42.0 Å². The first-order valence-corrected chi connectivity index (χ1v) is 12.5. The molecule has 0 unspecified atom stereocenters. The monoisotopic (exact) mass is 442 g/mol. The Balaban J connectivity index is 1.42. The minimum absolute atomic E-state index is 0.117. The van der Waals surface area contributed by atoms with Gasteiger partial charge in [-0.3, -0.25) is 9.69 Å². The van der Waals surface area contributed by atoms with Gasteiger partial charge < -0.3 is 9.30 Å². The molecule has 3 aromatic rings. The van der Waals surface area contributed by atoms with Crippen molar-refractivity contribution in [2.75, 3.05) is 7.05 Å². The van der Waals surface area contributed by atoms with Crippen LogP contribution in [-0.4, -0.2) is 56.3 Å². The molecule has 5 atom stereocenters. The fourth-order valence-corrected chi connectivity index (χ4v) is 7.38. The Morgan fingerprint density at radius 3 is 2.61 bits per heavy atom. The van der Waals surface area contributed by atoms with Crippen LogP contribution in [0, 0.1) is 12.3 Å². The van der Waals surface area contributed by atoms with E-state index in [1.165, 1.54) is 24.8 Å². The second kappa shape index (κ2) is 7.69. The first-order valence-electron chi connectivity index (χ1n) is 12.5. The molecule has 1 amide bonds. The minimum Gasteiger partial charge on any atom is -0.329 e. The van der Waals surface area contributed by atoms with Crippen molar-refractivity contribution >= 4 is 11.6 Å². The zero-order valence-electron chi connectivity index (χ0n) is 19.9. The zero-order valence-corrected chi connectivity index (χ0v) is 19.9. The highest BCUT2D eigenvalue weighted by atomic mass is 16.2. The number of rotatable bonds is 3. The Hall–Kier alpha value is -2.66. The van der Waals surface area contributed by atoms with E-state index in [9.17, 15) is 4.79 Å². The lowest BCUT2D eigenvalue weighted by Crippen LogP contribution is -2.58. The van der Waals surface area contributed by atoms with E-state index < -0.39 is 0 Å². The van der Waals surface area contributed by atoms with Crippen molar-refractivity contribution < 1.29 is 4.79 Å². The fourth-order valence-electron chi connectivity index (χ4n) is 7.38. The number of imidazole rings is 1. The van der Waals surface area contributed by atoms with E-state index in [-0.39, 0.29) is 23.4 Å². The average molecular weight is 443 g/mol. The first-order chi connectivity index (χ1) is 16.0. The number of likely N-dealkylation sites (tertiary alicyclic amines) is 2. The number of carbonyl (C=O) groups excluding carboxylic acids is 1. The fraction of sp³-hybridized carbons (Fsp3) is 0.500. The summed E-state index contributed by atoms with van der Waals surface area (Å²) in [5, 5.41) is 0. The van der Waals surface area contributed by atoms with Crippen LogP contribution in [0.15, 0.2) is 54.9 Å². The van der Waals surface area contributed by atoms with Crippen molar-refractivity contribution in [3.8, 4) is 0 Å². The number of pyridine rings is 1. The average Bonchev–Trinajstić information content (AvgIpc) is 3.31. The molecule has 33 heavy (non-hydrogen) atoms. The number of benzene rings is 1. The molecule has 0 spiro atoms. The van der Waals surface area contributed by atoms with Gasteiger partial charge in [0.1, 0.15) is 11.3 Å². The van der Waals surface area contributed by atoms with Gasteiger partial charge in [0.15, 0.2) is 0 Å². The summed E-state index contributed by atoms with van der Waals surface area (Å²) in [4.78, 5) is 23.9. The van der Waals surface area contributed by atoms with Gasteiger partial charge in [-0.15, -0.1) is 0 Å². The van der Waals surface area contributed by atoms with Crippen LogP contribution in [0.5, 0.6) is 0 Å². The highest BCUT2D eigenvalue weighted by molar-refractivity contribution is 5.94. The number of nitrogens with zero attached hydrogens (tertiary/aromatic N) is 4. The van der Waals surface area contributed by atoms with Crippen LogP contribution < -0.4 is 0 Å². The lowest BCUT2D eigenvalue weighted by atomic mass is 9.69. The lowest BCUT2D eigenvalue weighted by molar-refractivity contribution is 0.0155. The predicted octanol–water partition coefficient (Wildman–Crippen LogP) is 4.73. The van der Waals surface area contributed by atoms with E-state index in [1.54, 1.807) is 0 Å². The molecule has 0 N–H and O–H groups in total. The van der Waals surface area contributed by atoms with E-state index in [1.807, 2.05) is 22.9 Å². The summed E-state index contributed by atoms with van der Waals surface area (Å²) in [6, 6.07) is 16.2. The smallest absolute Gasteiger partial charge is 0.274 e. The molecule has 2 saturated heterocycles. The largest absolute Gasteiger partial charge is 0.329 e. The molecular formula is C28H34N4O. The molecule has 172 valence electrons. The molecule has 6 rings (SSSR count). The molecule has 2 bridgehead atoms. The van der Waals surface area contributed by atoms with Crippen molar-refractivity contribution in [1.82, 2.24) is 19.2 Å². The van der Waals surface area contributed by atoms with Gasteiger partial charge in [-0.1, -0.05) is 56.2 Å². The molecule has 0 radical (unpaired) electrons. The standard InChI is InChI=1S/C28H34N4O/c1-19-10-9-15-31-18-21(29-26(19)31)27(33)32-23-17-28(2)24(13-7-8-14-25(28)32)30(3)22(23)16-20-11-5-4-6-12-20/h4-6,9-12,15,18,22-25H,7-8,13-14,16-17H2,1-3H3/t22-,23+,24-,25+,28-/m1/s1. The van der Waals surface area contributed by atoms with Gasteiger partial charge in [-0.25, -0.2) is 4.98 Å². The maximum atomic E-state index is 14.2. The van der Waals surface area contributed by atoms with Crippen LogP contribution in [0.2, 0.25) is 0 Å². The molecule has 3 aliphatic rings. The second-order valence-corrected chi connectivity index (χ2v) is 10.8. The molecule has 5 nitrogen and oxygen atoms in total. The number of hydrogen-bond acceptors (Lipinski definition) is 3. The van der Waals surface area contributed by atoms with Gasteiger partial charge in [-0.2, -0.15) is 0 Å². The van der Waals surface area contributed by atoms with Crippen LogP contribution in [0.3, 0.4) is 0 Å². The summed E-state index contributed by atoms with van der Waals surface area (Å²) in [5.41, 5.74) is 4.06. The molecule has 3 fully saturated rings. The summed E-state index contributed by atoms with van der Waals surface area (Å²) >= 11 is 0. The Kier molecular flexibility index (Phi) is 4.88. The third kappa shape index (κ3) is 3.16. The summed E-state index contributed by atoms with van der Waals surface area (Å²) in [7, 11) is 2.31. The quantitative estimate of drug-likeness (QED) is 0.589. The Morgan fingerprint density at radius 1 is 1.09 bits per heavy atom. The number of amides is 1. The molecular weight excluding hydrogens is 408 g/mol. The number of likely N-dealkylation sites (N-methyl/N-ethyl adjacent to an activating group) is 1. The number of carbonyl (C=O) groups is 1. The van der Waals surface area contributed by atoms with Crippen molar-refractivity contribution in [1.29, 1.82) is 0 Å². The molecule has 1 aromatic carbocycles. The maximum Gasteiger partial charge on any atom is 0.274 e. The van der Waals surface area contributed by atoms with Crippen molar-refractivity contribution in [3.63, 3.8) is 0 Å². The highest BCUT2D eigenvalue weighted by Gasteiger charge is 2.62. The third-order valence-electron chi connectivity index (χ3n) is 8.95. The van der Waals surface area contributed by atoms with Gasteiger partial charge in [0.05, 0.1) is 0 Å². The van der Waals surface area contributed by atoms with Crippen LogP contribution in [0.1, 0.15) is 60.6 Å². The topological polar surface area (TPSA) is 40.9 Å². The molecule has 2 aromatic heterocycles.